The van der Waals surface area contributed by atoms with Crippen molar-refractivity contribution in [3.8, 4) is 0 Å². The van der Waals surface area contributed by atoms with Crippen molar-refractivity contribution in [3.05, 3.63) is 0 Å². The van der Waals surface area contributed by atoms with Crippen LogP contribution in [0.4, 0.5) is 0 Å². The molecule has 0 aromatic carbocycles. The van der Waals surface area contributed by atoms with Gasteiger partial charge in [-0.1, -0.05) is 26.7 Å². The molecule has 0 bridgehead atoms. The average molecular weight is 241 g/mol. The first kappa shape index (κ1) is 14.5. The number of carbonyl (C=O) groups excluding carboxylic acids is 1. The normalized spacial score (nSPS) is 21.3. The van der Waals surface area contributed by atoms with E-state index in [4.69, 9.17) is 0 Å². The second-order valence-corrected chi connectivity index (χ2v) is 5.48. The lowest BCUT2D eigenvalue weighted by Gasteiger charge is -2.41. The first-order valence-electron chi connectivity index (χ1n) is 6.99. The number of aliphatic hydroxyl groups is 1. The molecule has 0 saturated carbocycles. The van der Waals surface area contributed by atoms with Crippen LogP contribution in [0, 0.1) is 5.41 Å². The van der Waals surface area contributed by atoms with Gasteiger partial charge in [-0.2, -0.15) is 0 Å². The Morgan fingerprint density at radius 1 is 1.29 bits per heavy atom. The molecule has 17 heavy (non-hydrogen) atoms. The summed E-state index contributed by atoms with van der Waals surface area (Å²) in [6.45, 7) is 8.06. The van der Waals surface area contributed by atoms with Crippen molar-refractivity contribution in [2.24, 2.45) is 5.41 Å². The highest BCUT2D eigenvalue weighted by atomic mass is 16.3. The van der Waals surface area contributed by atoms with E-state index in [0.29, 0.717) is 18.3 Å². The van der Waals surface area contributed by atoms with Gasteiger partial charge in [-0.3, -0.25) is 4.79 Å². The molecule has 1 aliphatic heterocycles. The molecule has 0 spiro atoms. The smallest absolute Gasteiger partial charge is 0.222 e. The average Bonchev–Trinajstić information content (AvgIpc) is 2.36. The number of hydrogen-bond donors (Lipinski definition) is 1. The zero-order valence-corrected chi connectivity index (χ0v) is 11.5. The third-order valence-electron chi connectivity index (χ3n) is 4.45. The highest BCUT2D eigenvalue weighted by molar-refractivity contribution is 5.76. The van der Waals surface area contributed by atoms with Crippen molar-refractivity contribution in [1.82, 2.24) is 4.90 Å². The molecule has 0 aliphatic carbocycles. The monoisotopic (exact) mass is 241 g/mol. The van der Waals surface area contributed by atoms with Gasteiger partial charge >= 0.3 is 0 Å². The van der Waals surface area contributed by atoms with Crippen molar-refractivity contribution in [1.29, 1.82) is 0 Å². The van der Waals surface area contributed by atoms with Crippen LogP contribution < -0.4 is 0 Å². The molecule has 1 saturated heterocycles. The van der Waals surface area contributed by atoms with Crippen LogP contribution in [0.1, 0.15) is 59.3 Å². The molecule has 0 aromatic rings. The van der Waals surface area contributed by atoms with Crippen molar-refractivity contribution >= 4 is 5.91 Å². The Labute approximate surface area is 105 Å². The topological polar surface area (TPSA) is 40.5 Å². The van der Waals surface area contributed by atoms with Crippen molar-refractivity contribution in [2.45, 2.75) is 65.4 Å². The van der Waals surface area contributed by atoms with Crippen molar-refractivity contribution in [2.75, 3.05) is 13.1 Å². The number of likely N-dealkylation sites (tertiary alicyclic amines) is 1. The maximum atomic E-state index is 11.9. The lowest BCUT2D eigenvalue weighted by molar-refractivity contribution is -0.134. The molecule has 1 atom stereocenters. The van der Waals surface area contributed by atoms with Gasteiger partial charge in [0.1, 0.15) is 0 Å². The Hall–Kier alpha value is -0.570. The second kappa shape index (κ2) is 6.39. The lowest BCUT2D eigenvalue weighted by atomic mass is 9.74. The summed E-state index contributed by atoms with van der Waals surface area (Å²) in [5, 5.41) is 9.19. The molecule has 3 heteroatoms. The summed E-state index contributed by atoms with van der Waals surface area (Å²) in [5.74, 6) is 0.215. The molecule has 1 aliphatic rings. The standard InChI is InChI=1S/C14H27NO2/c1-4-14(5-2)8-10-15(11-9-14)13(17)7-6-12(3)16/h12,16H,4-11H2,1-3H3. The second-order valence-electron chi connectivity index (χ2n) is 5.48. The van der Waals surface area contributed by atoms with Gasteiger partial charge in [0, 0.05) is 19.5 Å². The van der Waals surface area contributed by atoms with Crippen LogP contribution in [0.5, 0.6) is 0 Å². The van der Waals surface area contributed by atoms with E-state index in [2.05, 4.69) is 13.8 Å². The predicted molar refractivity (Wildman–Crippen MR) is 69.7 cm³/mol. The largest absolute Gasteiger partial charge is 0.393 e. The highest BCUT2D eigenvalue weighted by Gasteiger charge is 2.32. The minimum Gasteiger partial charge on any atom is -0.393 e. The minimum absolute atomic E-state index is 0.215. The van der Waals surface area contributed by atoms with Gasteiger partial charge in [-0.15, -0.1) is 0 Å². The van der Waals surface area contributed by atoms with E-state index in [-0.39, 0.29) is 12.0 Å². The zero-order valence-electron chi connectivity index (χ0n) is 11.5. The maximum Gasteiger partial charge on any atom is 0.222 e. The zero-order chi connectivity index (χ0) is 12.9. The van der Waals surface area contributed by atoms with Crippen LogP contribution >= 0.6 is 0 Å². The van der Waals surface area contributed by atoms with Crippen molar-refractivity contribution < 1.29 is 9.90 Å². The van der Waals surface area contributed by atoms with Gasteiger partial charge in [0.05, 0.1) is 6.10 Å². The van der Waals surface area contributed by atoms with E-state index >= 15 is 0 Å². The van der Waals surface area contributed by atoms with E-state index in [9.17, 15) is 9.90 Å². The molecule has 1 amide bonds. The molecule has 1 unspecified atom stereocenters. The van der Waals surface area contributed by atoms with Gasteiger partial charge in [0.25, 0.3) is 0 Å². The molecule has 100 valence electrons. The summed E-state index contributed by atoms with van der Waals surface area (Å²) >= 11 is 0. The molecule has 0 radical (unpaired) electrons. The summed E-state index contributed by atoms with van der Waals surface area (Å²) in [5.41, 5.74) is 0.473. The summed E-state index contributed by atoms with van der Waals surface area (Å²) in [7, 11) is 0. The van der Waals surface area contributed by atoms with Gasteiger partial charge in [0.15, 0.2) is 0 Å². The number of amides is 1. The number of carbonyl (C=O) groups is 1. The first-order chi connectivity index (χ1) is 8.03. The Kier molecular flexibility index (Phi) is 5.44. The molecule has 1 fully saturated rings. The van der Waals surface area contributed by atoms with Gasteiger partial charge in [0.2, 0.25) is 5.91 Å². The first-order valence-corrected chi connectivity index (χ1v) is 6.99. The molecule has 3 nitrogen and oxygen atoms in total. The third-order valence-corrected chi connectivity index (χ3v) is 4.45. The Morgan fingerprint density at radius 3 is 2.24 bits per heavy atom. The summed E-state index contributed by atoms with van der Waals surface area (Å²) in [4.78, 5) is 13.9. The molecule has 1 heterocycles. The van der Waals surface area contributed by atoms with E-state index < -0.39 is 0 Å². The van der Waals surface area contributed by atoms with E-state index in [1.54, 1.807) is 6.92 Å². The highest BCUT2D eigenvalue weighted by Crippen LogP contribution is 2.37. The van der Waals surface area contributed by atoms with Gasteiger partial charge in [-0.25, -0.2) is 0 Å². The molecular formula is C14H27NO2. The molecule has 0 aromatic heterocycles. The van der Waals surface area contributed by atoms with Crippen LogP contribution in [-0.4, -0.2) is 35.1 Å². The fraction of sp³-hybridized carbons (Fsp3) is 0.929. The number of rotatable bonds is 5. The number of aliphatic hydroxyl groups excluding tert-OH is 1. The maximum absolute atomic E-state index is 11.9. The van der Waals surface area contributed by atoms with Crippen LogP contribution in [0.3, 0.4) is 0 Å². The minimum atomic E-state index is -0.367. The van der Waals surface area contributed by atoms with Crippen LogP contribution in [0.25, 0.3) is 0 Å². The van der Waals surface area contributed by atoms with E-state index in [1.165, 1.54) is 12.8 Å². The molecule has 1 rings (SSSR count). The number of piperidine rings is 1. The Bertz CT molecular complexity index is 237. The van der Waals surface area contributed by atoms with Gasteiger partial charge in [-0.05, 0) is 31.6 Å². The lowest BCUT2D eigenvalue weighted by Crippen LogP contribution is -2.42. The Balaban J connectivity index is 2.38. The SMILES string of the molecule is CCC1(CC)CCN(C(=O)CCC(C)O)CC1. The van der Waals surface area contributed by atoms with Crippen LogP contribution in [0.15, 0.2) is 0 Å². The fourth-order valence-electron chi connectivity index (χ4n) is 2.68. The summed E-state index contributed by atoms with van der Waals surface area (Å²) in [6, 6.07) is 0. The third kappa shape index (κ3) is 3.98. The van der Waals surface area contributed by atoms with E-state index in [1.807, 2.05) is 4.90 Å². The van der Waals surface area contributed by atoms with Crippen LogP contribution in [0.2, 0.25) is 0 Å². The number of hydrogen-bond acceptors (Lipinski definition) is 2. The Morgan fingerprint density at radius 2 is 1.82 bits per heavy atom. The summed E-state index contributed by atoms with van der Waals surface area (Å²) < 4.78 is 0. The summed E-state index contributed by atoms with van der Waals surface area (Å²) in [6.07, 6.45) is 5.43. The fourth-order valence-corrected chi connectivity index (χ4v) is 2.68. The predicted octanol–water partition coefficient (Wildman–Crippen LogP) is 2.58. The van der Waals surface area contributed by atoms with E-state index in [0.717, 1.165) is 25.9 Å². The molecular weight excluding hydrogens is 214 g/mol. The van der Waals surface area contributed by atoms with Gasteiger partial charge < -0.3 is 10.0 Å². The van der Waals surface area contributed by atoms with Crippen molar-refractivity contribution in [3.63, 3.8) is 0 Å². The molecule has 1 N–H and O–H groups in total. The number of nitrogens with zero attached hydrogens (tertiary/aromatic N) is 1. The van der Waals surface area contributed by atoms with Crippen LogP contribution in [-0.2, 0) is 4.79 Å². The quantitative estimate of drug-likeness (QED) is 0.803.